The van der Waals surface area contributed by atoms with Crippen molar-refractivity contribution < 1.29 is 14.3 Å². The summed E-state index contributed by atoms with van der Waals surface area (Å²) in [6, 6.07) is 7.43. The summed E-state index contributed by atoms with van der Waals surface area (Å²) in [5.41, 5.74) is 0.714. The Morgan fingerprint density at radius 2 is 1.78 bits per heavy atom. The molecule has 0 aromatic heterocycles. The first-order valence-electron chi connectivity index (χ1n) is 9.88. The molecule has 0 bridgehead atoms. The molecule has 2 N–H and O–H groups in total. The lowest BCUT2D eigenvalue weighted by Gasteiger charge is -2.35. The Labute approximate surface area is 162 Å². The Balaban J connectivity index is 1.81. The number of carbonyl (C=O) groups excluding carboxylic acids is 2. The van der Waals surface area contributed by atoms with E-state index in [1.54, 1.807) is 31.4 Å². The highest BCUT2D eigenvalue weighted by Gasteiger charge is 2.28. The lowest BCUT2D eigenvalue weighted by atomic mass is 9.78. The molecule has 27 heavy (non-hydrogen) atoms. The van der Waals surface area contributed by atoms with Gasteiger partial charge in [0.2, 0.25) is 11.8 Å². The Bertz CT molecular complexity index is 618. The van der Waals surface area contributed by atoms with Gasteiger partial charge < -0.3 is 15.4 Å². The second kappa shape index (κ2) is 10.3. The maximum Gasteiger partial charge on any atom is 0.238 e. The van der Waals surface area contributed by atoms with Gasteiger partial charge in [-0.15, -0.1) is 0 Å². The summed E-state index contributed by atoms with van der Waals surface area (Å²) in [5, 5.41) is 6.03. The second-order valence-corrected chi connectivity index (χ2v) is 7.52. The van der Waals surface area contributed by atoms with Crippen molar-refractivity contribution in [3.05, 3.63) is 24.3 Å². The predicted octanol–water partition coefficient (Wildman–Crippen LogP) is 2.90. The molecule has 6 heteroatoms. The number of nitrogens with one attached hydrogen (secondary N) is 2. The molecule has 1 fully saturated rings. The van der Waals surface area contributed by atoms with Gasteiger partial charge >= 0.3 is 0 Å². The maximum atomic E-state index is 12.4. The monoisotopic (exact) mass is 375 g/mol. The normalized spacial score (nSPS) is 22.3. The molecule has 3 unspecified atom stereocenters. The molecule has 1 aliphatic carbocycles. The van der Waals surface area contributed by atoms with Crippen LogP contribution < -0.4 is 15.4 Å². The smallest absolute Gasteiger partial charge is 0.238 e. The standard InChI is InChI=1S/C21H33N3O3/c1-5-24(13-20(25)22-17-9-11-18(27-4)12-10-17)14-21(26)23-19-8-6-7-15(2)16(19)3/h9-12,15-16,19H,5-8,13-14H2,1-4H3,(H,22,25)(H,23,26). The van der Waals surface area contributed by atoms with Gasteiger partial charge in [-0.05, 0) is 49.1 Å². The van der Waals surface area contributed by atoms with Crippen LogP contribution in [-0.2, 0) is 9.59 Å². The van der Waals surface area contributed by atoms with E-state index in [4.69, 9.17) is 4.74 Å². The summed E-state index contributed by atoms with van der Waals surface area (Å²) in [7, 11) is 1.60. The maximum absolute atomic E-state index is 12.4. The molecule has 0 spiro atoms. The summed E-state index contributed by atoms with van der Waals surface area (Å²) in [6.07, 6.45) is 3.44. The molecule has 1 aromatic carbocycles. The summed E-state index contributed by atoms with van der Waals surface area (Å²) >= 11 is 0. The third-order valence-electron chi connectivity index (χ3n) is 5.61. The average Bonchev–Trinajstić information content (AvgIpc) is 2.65. The number of ether oxygens (including phenoxy) is 1. The van der Waals surface area contributed by atoms with Crippen LogP contribution in [-0.4, -0.2) is 49.5 Å². The van der Waals surface area contributed by atoms with E-state index < -0.39 is 0 Å². The summed E-state index contributed by atoms with van der Waals surface area (Å²) in [5.74, 6) is 1.75. The zero-order valence-electron chi connectivity index (χ0n) is 17.0. The third-order valence-corrected chi connectivity index (χ3v) is 5.61. The van der Waals surface area contributed by atoms with Crippen molar-refractivity contribution >= 4 is 17.5 Å². The van der Waals surface area contributed by atoms with Crippen molar-refractivity contribution in [1.29, 1.82) is 0 Å². The van der Waals surface area contributed by atoms with Crippen molar-refractivity contribution in [2.45, 2.75) is 46.1 Å². The molecule has 1 saturated carbocycles. The van der Waals surface area contributed by atoms with Crippen LogP contribution in [0, 0.1) is 11.8 Å². The summed E-state index contributed by atoms with van der Waals surface area (Å²) in [4.78, 5) is 26.6. The number of methoxy groups -OCH3 is 1. The number of nitrogens with zero attached hydrogens (tertiary/aromatic N) is 1. The topological polar surface area (TPSA) is 70.7 Å². The molecule has 0 heterocycles. The number of carbonyl (C=O) groups is 2. The zero-order valence-corrected chi connectivity index (χ0v) is 17.0. The summed E-state index contributed by atoms with van der Waals surface area (Å²) < 4.78 is 5.11. The molecule has 0 aliphatic heterocycles. The number of benzene rings is 1. The fourth-order valence-corrected chi connectivity index (χ4v) is 3.60. The van der Waals surface area contributed by atoms with Crippen LogP contribution in [0.5, 0.6) is 5.75 Å². The van der Waals surface area contributed by atoms with Crippen molar-refractivity contribution in [2.75, 3.05) is 32.1 Å². The SMILES string of the molecule is CCN(CC(=O)Nc1ccc(OC)cc1)CC(=O)NC1CCCC(C)C1C. The highest BCUT2D eigenvalue weighted by atomic mass is 16.5. The Morgan fingerprint density at radius 3 is 2.41 bits per heavy atom. The first kappa shape index (κ1) is 21.2. The minimum absolute atomic E-state index is 0.0000440. The van der Waals surface area contributed by atoms with Gasteiger partial charge in [0.15, 0.2) is 0 Å². The number of amides is 2. The minimum atomic E-state index is -0.130. The lowest BCUT2D eigenvalue weighted by molar-refractivity contribution is -0.124. The van der Waals surface area contributed by atoms with Crippen LogP contribution in [0.4, 0.5) is 5.69 Å². The van der Waals surface area contributed by atoms with E-state index in [-0.39, 0.29) is 30.9 Å². The number of anilines is 1. The Morgan fingerprint density at radius 1 is 1.11 bits per heavy atom. The van der Waals surface area contributed by atoms with Crippen molar-refractivity contribution in [3.8, 4) is 5.75 Å². The van der Waals surface area contributed by atoms with Gasteiger partial charge in [0.25, 0.3) is 0 Å². The fraction of sp³-hybridized carbons (Fsp3) is 0.619. The highest BCUT2D eigenvalue weighted by Crippen LogP contribution is 2.29. The molecular formula is C21H33N3O3. The van der Waals surface area contributed by atoms with Crippen LogP contribution in [0.15, 0.2) is 24.3 Å². The molecule has 3 atom stereocenters. The van der Waals surface area contributed by atoms with Crippen LogP contribution in [0.1, 0.15) is 40.0 Å². The average molecular weight is 376 g/mol. The molecule has 150 valence electrons. The number of rotatable bonds is 8. The van der Waals surface area contributed by atoms with Gasteiger partial charge in [0.1, 0.15) is 5.75 Å². The molecule has 2 rings (SSSR count). The molecule has 0 radical (unpaired) electrons. The van der Waals surface area contributed by atoms with Gasteiger partial charge in [-0.2, -0.15) is 0 Å². The predicted molar refractivity (Wildman–Crippen MR) is 108 cm³/mol. The van der Waals surface area contributed by atoms with Crippen LogP contribution in [0.25, 0.3) is 0 Å². The van der Waals surface area contributed by atoms with Crippen molar-refractivity contribution in [3.63, 3.8) is 0 Å². The third kappa shape index (κ3) is 6.54. The Hall–Kier alpha value is -2.08. The van der Waals surface area contributed by atoms with E-state index >= 15 is 0 Å². The first-order valence-corrected chi connectivity index (χ1v) is 9.88. The molecule has 1 aromatic rings. The van der Waals surface area contributed by atoms with Crippen LogP contribution in [0.2, 0.25) is 0 Å². The van der Waals surface area contributed by atoms with E-state index in [0.717, 1.165) is 18.6 Å². The van der Waals surface area contributed by atoms with E-state index in [2.05, 4.69) is 24.5 Å². The lowest BCUT2D eigenvalue weighted by Crippen LogP contribution is -2.48. The van der Waals surface area contributed by atoms with Gasteiger partial charge in [0, 0.05) is 11.7 Å². The van der Waals surface area contributed by atoms with Crippen LogP contribution >= 0.6 is 0 Å². The number of likely N-dealkylation sites (N-methyl/N-ethyl adjacent to an activating group) is 1. The van der Waals surface area contributed by atoms with E-state index in [9.17, 15) is 9.59 Å². The van der Waals surface area contributed by atoms with Crippen molar-refractivity contribution in [1.82, 2.24) is 10.2 Å². The number of hydrogen-bond donors (Lipinski definition) is 2. The summed E-state index contributed by atoms with van der Waals surface area (Å²) in [6.45, 7) is 7.50. The molecule has 1 aliphatic rings. The minimum Gasteiger partial charge on any atom is -0.497 e. The quantitative estimate of drug-likeness (QED) is 0.733. The largest absolute Gasteiger partial charge is 0.497 e. The fourth-order valence-electron chi connectivity index (χ4n) is 3.60. The zero-order chi connectivity index (χ0) is 19.8. The molecular weight excluding hydrogens is 342 g/mol. The van der Waals surface area contributed by atoms with Gasteiger partial charge in [-0.3, -0.25) is 14.5 Å². The van der Waals surface area contributed by atoms with Gasteiger partial charge in [0.05, 0.1) is 20.2 Å². The van der Waals surface area contributed by atoms with Crippen LogP contribution in [0.3, 0.4) is 0 Å². The second-order valence-electron chi connectivity index (χ2n) is 7.52. The van der Waals surface area contributed by atoms with E-state index in [1.807, 2.05) is 11.8 Å². The van der Waals surface area contributed by atoms with E-state index in [0.29, 0.717) is 24.1 Å². The molecule has 6 nitrogen and oxygen atoms in total. The highest BCUT2D eigenvalue weighted by molar-refractivity contribution is 5.92. The van der Waals surface area contributed by atoms with Crippen molar-refractivity contribution in [2.24, 2.45) is 11.8 Å². The first-order chi connectivity index (χ1) is 12.9. The van der Waals surface area contributed by atoms with E-state index in [1.165, 1.54) is 6.42 Å². The molecule has 0 saturated heterocycles. The molecule has 2 amide bonds. The van der Waals surface area contributed by atoms with Gasteiger partial charge in [-0.1, -0.05) is 33.6 Å². The Kier molecular flexibility index (Phi) is 8.10. The number of hydrogen-bond acceptors (Lipinski definition) is 4. The van der Waals surface area contributed by atoms with Gasteiger partial charge in [-0.25, -0.2) is 0 Å².